The van der Waals surface area contributed by atoms with Crippen molar-refractivity contribution in [3.05, 3.63) is 23.4 Å². The van der Waals surface area contributed by atoms with E-state index < -0.39 is 0 Å². The maximum absolute atomic E-state index is 2.50. The first-order valence-corrected chi connectivity index (χ1v) is 5.30. The van der Waals surface area contributed by atoms with Gasteiger partial charge >= 0.3 is 0 Å². The third kappa shape index (κ3) is 3.25. The molecule has 13 heavy (non-hydrogen) atoms. The normalized spacial score (nSPS) is 18.7. The van der Waals surface area contributed by atoms with Crippen molar-refractivity contribution in [1.29, 1.82) is 0 Å². The van der Waals surface area contributed by atoms with E-state index >= 15 is 0 Å². The first-order chi connectivity index (χ1) is 6.24. The zero-order valence-corrected chi connectivity index (χ0v) is 9.14. The van der Waals surface area contributed by atoms with Crippen LogP contribution in [0, 0.1) is 0 Å². The van der Waals surface area contributed by atoms with Crippen LogP contribution < -0.4 is 0 Å². The second-order valence-electron chi connectivity index (χ2n) is 3.98. The fraction of sp³-hybridized carbons (Fsp3) is 0.667. The topological polar surface area (TPSA) is 3.24 Å². The summed E-state index contributed by atoms with van der Waals surface area (Å²) in [7, 11) is 0. The molecule has 1 aliphatic rings. The molecule has 1 saturated heterocycles. The summed E-state index contributed by atoms with van der Waals surface area (Å²) >= 11 is 0. The molecule has 1 fully saturated rings. The molecule has 1 aliphatic heterocycles. The maximum Gasteiger partial charge on any atom is 0.0322 e. The van der Waals surface area contributed by atoms with Crippen molar-refractivity contribution >= 4 is 0 Å². The SMILES string of the molecule is CC=C(C=C(C)C)N1CCCCC1. The highest BCUT2D eigenvalue weighted by Gasteiger charge is 2.10. The Morgan fingerprint density at radius 3 is 2.15 bits per heavy atom. The number of likely N-dealkylation sites (tertiary alicyclic amines) is 1. The Kier molecular flexibility index (Phi) is 4.07. The number of piperidine rings is 1. The molecule has 1 heterocycles. The molecule has 1 rings (SSSR count). The minimum Gasteiger partial charge on any atom is -0.372 e. The van der Waals surface area contributed by atoms with Gasteiger partial charge < -0.3 is 4.90 Å². The Hall–Kier alpha value is -0.720. The standard InChI is InChI=1S/C12H21N/c1-4-12(10-11(2)3)13-8-6-5-7-9-13/h4,10H,5-9H2,1-3H3. The van der Waals surface area contributed by atoms with E-state index in [9.17, 15) is 0 Å². The molecule has 1 nitrogen and oxygen atoms in total. The highest BCUT2D eigenvalue weighted by atomic mass is 15.1. The highest BCUT2D eigenvalue weighted by Crippen LogP contribution is 2.16. The van der Waals surface area contributed by atoms with Crippen LogP contribution >= 0.6 is 0 Å². The van der Waals surface area contributed by atoms with E-state index in [0.29, 0.717) is 0 Å². The summed E-state index contributed by atoms with van der Waals surface area (Å²) in [6.07, 6.45) is 8.62. The van der Waals surface area contributed by atoms with Crippen molar-refractivity contribution in [2.75, 3.05) is 13.1 Å². The van der Waals surface area contributed by atoms with Gasteiger partial charge in [0.15, 0.2) is 0 Å². The van der Waals surface area contributed by atoms with Crippen LogP contribution in [0.15, 0.2) is 23.4 Å². The number of nitrogens with zero attached hydrogens (tertiary/aromatic N) is 1. The largest absolute Gasteiger partial charge is 0.372 e. The molecule has 0 aliphatic carbocycles. The van der Waals surface area contributed by atoms with Gasteiger partial charge in [-0.2, -0.15) is 0 Å². The smallest absolute Gasteiger partial charge is 0.0322 e. The highest BCUT2D eigenvalue weighted by molar-refractivity contribution is 5.20. The molecular weight excluding hydrogens is 158 g/mol. The average molecular weight is 179 g/mol. The molecule has 0 atom stereocenters. The van der Waals surface area contributed by atoms with Crippen LogP contribution in [0.1, 0.15) is 40.0 Å². The monoisotopic (exact) mass is 179 g/mol. The van der Waals surface area contributed by atoms with Gasteiger partial charge in [-0.15, -0.1) is 0 Å². The van der Waals surface area contributed by atoms with Crippen LogP contribution in [0.5, 0.6) is 0 Å². The van der Waals surface area contributed by atoms with Gasteiger partial charge in [0, 0.05) is 18.8 Å². The molecule has 1 heteroatoms. The van der Waals surface area contributed by atoms with Gasteiger partial charge in [0.05, 0.1) is 0 Å². The van der Waals surface area contributed by atoms with Crippen LogP contribution in [-0.2, 0) is 0 Å². The Labute approximate surface area is 82.1 Å². The van der Waals surface area contributed by atoms with Crippen molar-refractivity contribution in [3.8, 4) is 0 Å². The Morgan fingerprint density at radius 2 is 1.69 bits per heavy atom. The van der Waals surface area contributed by atoms with Crippen LogP contribution in [0.2, 0.25) is 0 Å². The van der Waals surface area contributed by atoms with Crippen LogP contribution in [0.25, 0.3) is 0 Å². The number of hydrogen-bond donors (Lipinski definition) is 0. The molecule has 0 amide bonds. The lowest BCUT2D eigenvalue weighted by Crippen LogP contribution is -2.28. The fourth-order valence-corrected chi connectivity index (χ4v) is 1.81. The molecule has 0 bridgehead atoms. The van der Waals surface area contributed by atoms with Crippen molar-refractivity contribution in [2.45, 2.75) is 40.0 Å². The summed E-state index contributed by atoms with van der Waals surface area (Å²) in [5.74, 6) is 0. The van der Waals surface area contributed by atoms with Crippen molar-refractivity contribution in [1.82, 2.24) is 4.90 Å². The van der Waals surface area contributed by atoms with Crippen LogP contribution in [0.4, 0.5) is 0 Å². The van der Waals surface area contributed by atoms with Crippen LogP contribution in [0.3, 0.4) is 0 Å². The molecule has 0 N–H and O–H groups in total. The number of allylic oxidation sites excluding steroid dienone is 3. The zero-order valence-electron chi connectivity index (χ0n) is 9.14. The minimum absolute atomic E-state index is 1.24. The third-order valence-electron chi connectivity index (χ3n) is 2.45. The van der Waals surface area contributed by atoms with E-state index in [-0.39, 0.29) is 0 Å². The molecule has 0 unspecified atom stereocenters. The number of rotatable bonds is 2. The Bertz CT molecular complexity index is 203. The average Bonchev–Trinajstić information content (AvgIpc) is 2.15. The van der Waals surface area contributed by atoms with Gasteiger partial charge in [-0.3, -0.25) is 0 Å². The van der Waals surface area contributed by atoms with Crippen molar-refractivity contribution in [2.24, 2.45) is 0 Å². The van der Waals surface area contributed by atoms with Crippen molar-refractivity contribution < 1.29 is 0 Å². The maximum atomic E-state index is 2.50. The number of hydrogen-bond acceptors (Lipinski definition) is 1. The summed E-state index contributed by atoms with van der Waals surface area (Å²) in [5, 5.41) is 0. The van der Waals surface area contributed by atoms with Gasteiger partial charge in [0.2, 0.25) is 0 Å². The lowest BCUT2D eigenvalue weighted by molar-refractivity contribution is 0.292. The molecule has 0 aromatic heterocycles. The summed E-state index contributed by atoms with van der Waals surface area (Å²) in [6, 6.07) is 0. The molecule has 74 valence electrons. The lowest BCUT2D eigenvalue weighted by atomic mass is 10.1. The van der Waals surface area contributed by atoms with E-state index in [4.69, 9.17) is 0 Å². The minimum atomic E-state index is 1.24. The molecular formula is C12H21N. The lowest BCUT2D eigenvalue weighted by Gasteiger charge is -2.29. The van der Waals surface area contributed by atoms with E-state index in [0.717, 1.165) is 0 Å². The molecule has 0 radical (unpaired) electrons. The van der Waals surface area contributed by atoms with E-state index in [2.05, 4.69) is 37.8 Å². The second-order valence-corrected chi connectivity index (χ2v) is 3.98. The van der Waals surface area contributed by atoms with Gasteiger partial charge in [0.25, 0.3) is 0 Å². The predicted octanol–water partition coefficient (Wildman–Crippen LogP) is 3.34. The fourth-order valence-electron chi connectivity index (χ4n) is 1.81. The second kappa shape index (κ2) is 5.11. The van der Waals surface area contributed by atoms with E-state index in [1.54, 1.807) is 0 Å². The summed E-state index contributed by atoms with van der Waals surface area (Å²) in [6.45, 7) is 8.93. The first-order valence-electron chi connectivity index (χ1n) is 5.30. The van der Waals surface area contributed by atoms with Crippen LogP contribution in [-0.4, -0.2) is 18.0 Å². The summed E-state index contributed by atoms with van der Waals surface area (Å²) in [5.41, 5.74) is 2.79. The Morgan fingerprint density at radius 1 is 1.08 bits per heavy atom. The third-order valence-corrected chi connectivity index (χ3v) is 2.45. The first kappa shape index (κ1) is 10.4. The molecule has 0 aromatic carbocycles. The van der Waals surface area contributed by atoms with Gasteiger partial charge in [-0.1, -0.05) is 11.6 Å². The Balaban J connectivity index is 2.60. The van der Waals surface area contributed by atoms with Gasteiger partial charge in [-0.25, -0.2) is 0 Å². The summed E-state index contributed by atoms with van der Waals surface area (Å²) < 4.78 is 0. The molecule has 0 aromatic rings. The zero-order chi connectivity index (χ0) is 9.68. The quantitative estimate of drug-likeness (QED) is 0.588. The van der Waals surface area contributed by atoms with E-state index in [1.165, 1.54) is 43.6 Å². The molecule has 0 spiro atoms. The van der Waals surface area contributed by atoms with E-state index in [1.807, 2.05) is 0 Å². The van der Waals surface area contributed by atoms with Gasteiger partial charge in [0.1, 0.15) is 0 Å². The molecule has 0 saturated carbocycles. The van der Waals surface area contributed by atoms with Gasteiger partial charge in [-0.05, 0) is 46.1 Å². The predicted molar refractivity (Wildman–Crippen MR) is 58.6 cm³/mol. The summed E-state index contributed by atoms with van der Waals surface area (Å²) in [4.78, 5) is 2.50. The van der Waals surface area contributed by atoms with Crippen molar-refractivity contribution in [3.63, 3.8) is 0 Å².